The Labute approximate surface area is 184 Å². The Morgan fingerprint density at radius 3 is 2.28 bits per heavy atom. The monoisotopic (exact) mass is 431 g/mol. The van der Waals surface area contributed by atoms with Crippen LogP contribution in [-0.2, 0) is 20.9 Å². The van der Waals surface area contributed by atoms with Crippen LogP contribution in [0.2, 0.25) is 0 Å². The molecule has 162 valence electrons. The van der Waals surface area contributed by atoms with Crippen LogP contribution in [0, 0.1) is 6.92 Å². The lowest BCUT2D eigenvalue weighted by atomic mass is 9.94. The van der Waals surface area contributed by atoms with Gasteiger partial charge in [-0.15, -0.1) is 0 Å². The molecular formula is C25H21NO6. The molecule has 2 heterocycles. The van der Waals surface area contributed by atoms with E-state index in [2.05, 4.69) is 0 Å². The molecule has 7 heteroatoms. The molecule has 1 fully saturated rings. The molecule has 0 saturated carbocycles. The van der Waals surface area contributed by atoms with Gasteiger partial charge in [0.05, 0.1) is 37.1 Å². The van der Waals surface area contributed by atoms with Gasteiger partial charge in [0, 0.05) is 5.56 Å². The Morgan fingerprint density at radius 1 is 1.03 bits per heavy atom. The number of carbonyl (C=O) groups is 3. The van der Waals surface area contributed by atoms with Gasteiger partial charge in [0.2, 0.25) is 0 Å². The molecular weight excluding hydrogens is 410 g/mol. The smallest absolute Gasteiger partial charge is 0.337 e. The van der Waals surface area contributed by atoms with Gasteiger partial charge in [-0.25, -0.2) is 4.79 Å². The summed E-state index contributed by atoms with van der Waals surface area (Å²) >= 11 is 0. The molecule has 4 rings (SSSR count). The van der Waals surface area contributed by atoms with Crippen molar-refractivity contribution in [2.24, 2.45) is 0 Å². The third kappa shape index (κ3) is 3.80. The SMILES string of the molecule is COC(=O)c1ccc([C@@H]2C(=C(O)c3ccc(C)cc3)C(=O)C(=O)N2Cc2ccco2)cc1. The molecule has 1 N–H and O–H groups in total. The second-order valence-corrected chi connectivity index (χ2v) is 7.49. The highest BCUT2D eigenvalue weighted by atomic mass is 16.5. The minimum atomic E-state index is -0.854. The molecule has 1 aliphatic heterocycles. The third-order valence-electron chi connectivity index (χ3n) is 5.42. The van der Waals surface area contributed by atoms with E-state index >= 15 is 0 Å². The quantitative estimate of drug-likeness (QED) is 0.284. The summed E-state index contributed by atoms with van der Waals surface area (Å²) in [6.45, 7) is 1.96. The van der Waals surface area contributed by atoms with Crippen molar-refractivity contribution in [3.63, 3.8) is 0 Å². The second-order valence-electron chi connectivity index (χ2n) is 7.49. The largest absolute Gasteiger partial charge is 0.507 e. The summed E-state index contributed by atoms with van der Waals surface area (Å²) in [5, 5.41) is 11.0. The lowest BCUT2D eigenvalue weighted by Gasteiger charge is -2.24. The molecule has 1 amide bonds. The van der Waals surface area contributed by atoms with Gasteiger partial charge in [-0.2, -0.15) is 0 Å². The zero-order valence-corrected chi connectivity index (χ0v) is 17.6. The number of benzene rings is 2. The zero-order chi connectivity index (χ0) is 22.8. The number of aliphatic hydroxyl groups is 1. The van der Waals surface area contributed by atoms with Crippen LogP contribution < -0.4 is 0 Å². The topological polar surface area (TPSA) is 97.0 Å². The van der Waals surface area contributed by atoms with Gasteiger partial charge in [0.25, 0.3) is 11.7 Å². The predicted octanol–water partition coefficient (Wildman–Crippen LogP) is 4.00. The van der Waals surface area contributed by atoms with E-state index in [1.807, 2.05) is 19.1 Å². The third-order valence-corrected chi connectivity index (χ3v) is 5.42. The summed E-state index contributed by atoms with van der Waals surface area (Å²) in [6.07, 6.45) is 1.48. The number of likely N-dealkylation sites (tertiary alicyclic amines) is 1. The second kappa shape index (κ2) is 8.55. The number of aryl methyl sites for hydroxylation is 1. The lowest BCUT2D eigenvalue weighted by Crippen LogP contribution is -2.29. The number of hydrogen-bond acceptors (Lipinski definition) is 6. The van der Waals surface area contributed by atoms with Crippen LogP contribution in [-0.4, -0.2) is 34.8 Å². The van der Waals surface area contributed by atoms with Crippen LogP contribution in [0.15, 0.2) is 76.9 Å². The van der Waals surface area contributed by atoms with E-state index in [4.69, 9.17) is 9.15 Å². The number of amides is 1. The molecule has 1 aromatic heterocycles. The Kier molecular flexibility index (Phi) is 5.64. The Morgan fingerprint density at radius 2 is 1.69 bits per heavy atom. The van der Waals surface area contributed by atoms with E-state index < -0.39 is 23.7 Å². The first kappa shape index (κ1) is 21.1. The minimum absolute atomic E-state index is 0.0174. The summed E-state index contributed by atoms with van der Waals surface area (Å²) in [5.41, 5.74) is 2.31. The summed E-state index contributed by atoms with van der Waals surface area (Å²) in [7, 11) is 1.29. The number of aliphatic hydroxyl groups excluding tert-OH is 1. The van der Waals surface area contributed by atoms with Crippen LogP contribution in [0.5, 0.6) is 0 Å². The van der Waals surface area contributed by atoms with Gasteiger partial charge in [-0.3, -0.25) is 9.59 Å². The van der Waals surface area contributed by atoms with Gasteiger partial charge in [-0.05, 0) is 36.8 Å². The van der Waals surface area contributed by atoms with Crippen molar-refractivity contribution in [2.75, 3.05) is 7.11 Å². The highest BCUT2D eigenvalue weighted by Gasteiger charge is 2.46. The maximum Gasteiger partial charge on any atom is 0.337 e. The summed E-state index contributed by atoms with van der Waals surface area (Å²) < 4.78 is 10.1. The molecule has 0 radical (unpaired) electrons. The van der Waals surface area contributed by atoms with E-state index in [1.165, 1.54) is 18.3 Å². The number of ether oxygens (including phenoxy) is 1. The summed E-state index contributed by atoms with van der Waals surface area (Å²) in [4.78, 5) is 39.1. The highest BCUT2D eigenvalue weighted by molar-refractivity contribution is 6.46. The molecule has 2 aromatic carbocycles. The van der Waals surface area contributed by atoms with E-state index in [9.17, 15) is 19.5 Å². The molecule has 7 nitrogen and oxygen atoms in total. The Hall–Kier alpha value is -4.13. The molecule has 0 aliphatic carbocycles. The molecule has 0 unspecified atom stereocenters. The predicted molar refractivity (Wildman–Crippen MR) is 116 cm³/mol. The first-order valence-corrected chi connectivity index (χ1v) is 9.97. The molecule has 32 heavy (non-hydrogen) atoms. The molecule has 0 spiro atoms. The maximum atomic E-state index is 13.0. The molecule has 0 bridgehead atoms. The van der Waals surface area contributed by atoms with Gasteiger partial charge in [-0.1, -0.05) is 42.0 Å². The van der Waals surface area contributed by atoms with Crippen molar-refractivity contribution in [2.45, 2.75) is 19.5 Å². The zero-order valence-electron chi connectivity index (χ0n) is 17.6. The molecule has 1 saturated heterocycles. The standard InChI is InChI=1S/C25H21NO6/c1-15-5-7-17(8-6-15)22(27)20-21(16-9-11-18(12-10-16)25(30)31-2)26(24(29)23(20)28)14-19-4-3-13-32-19/h3-13,21,27H,14H2,1-2H3/t21-/m1/s1. The number of Topliss-reactive ketones (excluding diaryl/α,β-unsaturated/α-hetero) is 1. The van der Waals surface area contributed by atoms with Crippen LogP contribution >= 0.6 is 0 Å². The van der Waals surface area contributed by atoms with Crippen molar-refractivity contribution < 1.29 is 28.6 Å². The maximum absolute atomic E-state index is 13.0. The number of nitrogens with zero attached hydrogens (tertiary/aromatic N) is 1. The van der Waals surface area contributed by atoms with Gasteiger partial charge in [0.1, 0.15) is 11.5 Å². The van der Waals surface area contributed by atoms with Gasteiger partial charge < -0.3 is 19.2 Å². The number of rotatable bonds is 5. The first-order valence-electron chi connectivity index (χ1n) is 9.97. The highest BCUT2D eigenvalue weighted by Crippen LogP contribution is 2.40. The van der Waals surface area contributed by atoms with Crippen LogP contribution in [0.3, 0.4) is 0 Å². The van der Waals surface area contributed by atoms with Crippen molar-refractivity contribution >= 4 is 23.4 Å². The number of hydrogen-bond donors (Lipinski definition) is 1. The van der Waals surface area contributed by atoms with Crippen molar-refractivity contribution in [3.05, 3.63) is 101 Å². The first-order chi connectivity index (χ1) is 15.4. The molecule has 3 aromatic rings. The van der Waals surface area contributed by atoms with E-state index in [0.29, 0.717) is 22.5 Å². The van der Waals surface area contributed by atoms with Crippen LogP contribution in [0.1, 0.15) is 38.9 Å². The van der Waals surface area contributed by atoms with Crippen LogP contribution in [0.4, 0.5) is 0 Å². The fourth-order valence-electron chi connectivity index (χ4n) is 3.75. The minimum Gasteiger partial charge on any atom is -0.507 e. The van der Waals surface area contributed by atoms with Crippen LogP contribution in [0.25, 0.3) is 5.76 Å². The molecule has 1 aliphatic rings. The van der Waals surface area contributed by atoms with E-state index in [0.717, 1.165) is 5.56 Å². The summed E-state index contributed by atoms with van der Waals surface area (Å²) in [6, 6.07) is 16.0. The lowest BCUT2D eigenvalue weighted by molar-refractivity contribution is -0.140. The van der Waals surface area contributed by atoms with Gasteiger partial charge >= 0.3 is 5.97 Å². The van der Waals surface area contributed by atoms with Gasteiger partial charge in [0.15, 0.2) is 0 Å². The van der Waals surface area contributed by atoms with E-state index in [1.54, 1.807) is 48.5 Å². The normalized spacial score (nSPS) is 17.6. The Bertz CT molecular complexity index is 1190. The average molecular weight is 431 g/mol. The number of furan rings is 1. The van der Waals surface area contributed by atoms with E-state index in [-0.39, 0.29) is 17.9 Å². The average Bonchev–Trinajstić information content (AvgIpc) is 3.41. The van der Waals surface area contributed by atoms with Crippen molar-refractivity contribution in [1.29, 1.82) is 0 Å². The van der Waals surface area contributed by atoms with Crippen molar-refractivity contribution in [3.8, 4) is 0 Å². The fourth-order valence-corrected chi connectivity index (χ4v) is 3.75. The fraction of sp³-hybridized carbons (Fsp3) is 0.160. The number of methoxy groups -OCH3 is 1. The Balaban J connectivity index is 1.84. The number of esters is 1. The molecule has 1 atom stereocenters. The number of ketones is 1. The summed E-state index contributed by atoms with van der Waals surface area (Å²) in [5.74, 6) is -1.78. The number of carbonyl (C=O) groups excluding carboxylic acids is 3. The van der Waals surface area contributed by atoms with Crippen molar-refractivity contribution in [1.82, 2.24) is 4.90 Å².